The van der Waals surface area contributed by atoms with E-state index in [4.69, 9.17) is 4.74 Å². The van der Waals surface area contributed by atoms with E-state index < -0.39 is 0 Å². The molecular weight excluding hydrogens is 371 g/mol. The third-order valence-electron chi connectivity index (χ3n) is 5.32. The fourth-order valence-corrected chi connectivity index (χ4v) is 4.31. The number of nitrogens with zero attached hydrogens (tertiary/aromatic N) is 2. The van der Waals surface area contributed by atoms with Crippen LogP contribution in [0.15, 0.2) is 63.5 Å². The lowest BCUT2D eigenvalue weighted by atomic mass is 9.66. The molecule has 0 radical (unpaired) electrons. The van der Waals surface area contributed by atoms with E-state index in [2.05, 4.69) is 44.9 Å². The number of benzene rings is 1. The van der Waals surface area contributed by atoms with Gasteiger partial charge in [0.15, 0.2) is 0 Å². The van der Waals surface area contributed by atoms with Gasteiger partial charge >= 0.3 is 0 Å². The molecular formula is C19H18BrFN2O. The van der Waals surface area contributed by atoms with Crippen molar-refractivity contribution in [2.24, 2.45) is 16.3 Å². The van der Waals surface area contributed by atoms with E-state index in [9.17, 15) is 4.39 Å². The summed E-state index contributed by atoms with van der Waals surface area (Å²) >= 11 is 3.23. The molecule has 0 saturated carbocycles. The number of anilines is 1. The second-order valence-electron chi connectivity index (χ2n) is 6.37. The van der Waals surface area contributed by atoms with Gasteiger partial charge in [-0.15, -0.1) is 0 Å². The van der Waals surface area contributed by atoms with Crippen molar-refractivity contribution < 1.29 is 9.13 Å². The molecule has 0 bridgehead atoms. The van der Waals surface area contributed by atoms with E-state index in [0.717, 1.165) is 30.1 Å². The van der Waals surface area contributed by atoms with Crippen molar-refractivity contribution in [3.63, 3.8) is 0 Å². The molecule has 5 heteroatoms. The predicted octanol–water partition coefficient (Wildman–Crippen LogP) is 4.82. The minimum atomic E-state index is -0.247. The minimum Gasteiger partial charge on any atom is -0.495 e. The molecule has 4 rings (SSSR count). The lowest BCUT2D eigenvalue weighted by Gasteiger charge is -2.41. The third-order valence-corrected chi connectivity index (χ3v) is 5.96. The zero-order valence-electron chi connectivity index (χ0n) is 13.6. The van der Waals surface area contributed by atoms with Gasteiger partial charge in [-0.2, -0.15) is 0 Å². The molecule has 2 unspecified atom stereocenters. The van der Waals surface area contributed by atoms with Gasteiger partial charge in [0.2, 0.25) is 0 Å². The van der Waals surface area contributed by atoms with Crippen LogP contribution in [0.25, 0.3) is 0 Å². The number of halogens is 2. The number of hydrogen-bond donors (Lipinski definition) is 0. The molecule has 3 aliphatic rings. The Morgan fingerprint density at radius 1 is 1.38 bits per heavy atom. The summed E-state index contributed by atoms with van der Waals surface area (Å²) < 4.78 is 20.1. The molecule has 2 atom stereocenters. The molecule has 1 aromatic rings. The standard InChI is InChI=1S/C19H18BrFN2O/c1-12-7-9-22-18-16(24-2)5-6-17-19(12,18)8-10-23(17)13-3-4-14(20)15(21)11-13/h3-7,9,11-12H,8,10H2,1-2H3. The van der Waals surface area contributed by atoms with Crippen LogP contribution >= 0.6 is 15.9 Å². The van der Waals surface area contributed by atoms with Crippen LogP contribution in [0.4, 0.5) is 10.1 Å². The van der Waals surface area contributed by atoms with Crippen LogP contribution in [-0.4, -0.2) is 19.4 Å². The Labute approximate surface area is 149 Å². The topological polar surface area (TPSA) is 24.8 Å². The van der Waals surface area contributed by atoms with Crippen LogP contribution in [0.3, 0.4) is 0 Å². The van der Waals surface area contributed by atoms with Crippen LogP contribution in [0.5, 0.6) is 0 Å². The van der Waals surface area contributed by atoms with Gasteiger partial charge in [0.05, 0.1) is 22.7 Å². The maximum absolute atomic E-state index is 14.0. The molecule has 1 spiro atoms. The van der Waals surface area contributed by atoms with E-state index in [1.807, 2.05) is 18.3 Å². The highest BCUT2D eigenvalue weighted by Gasteiger charge is 2.53. The molecule has 0 amide bonds. The molecule has 1 fully saturated rings. The Morgan fingerprint density at radius 3 is 2.96 bits per heavy atom. The predicted molar refractivity (Wildman–Crippen MR) is 97.4 cm³/mol. The number of hydrogen-bond acceptors (Lipinski definition) is 3. The van der Waals surface area contributed by atoms with E-state index in [1.165, 1.54) is 5.70 Å². The van der Waals surface area contributed by atoms with Gasteiger partial charge in [0.1, 0.15) is 11.6 Å². The summed E-state index contributed by atoms with van der Waals surface area (Å²) in [6.07, 6.45) is 9.00. The molecule has 1 saturated heterocycles. The average molecular weight is 389 g/mol. The van der Waals surface area contributed by atoms with Crippen LogP contribution in [0.2, 0.25) is 0 Å². The molecule has 0 N–H and O–H groups in total. The van der Waals surface area contributed by atoms with Crippen molar-refractivity contribution in [3.8, 4) is 0 Å². The van der Waals surface area contributed by atoms with Gasteiger partial charge < -0.3 is 9.64 Å². The maximum atomic E-state index is 14.0. The maximum Gasteiger partial charge on any atom is 0.141 e. The highest BCUT2D eigenvalue weighted by Crippen LogP contribution is 2.53. The van der Waals surface area contributed by atoms with Gasteiger partial charge in [-0.3, -0.25) is 4.99 Å². The molecule has 1 aliphatic carbocycles. The van der Waals surface area contributed by atoms with Crippen LogP contribution < -0.4 is 4.90 Å². The number of methoxy groups -OCH3 is 1. The van der Waals surface area contributed by atoms with Gasteiger partial charge in [-0.25, -0.2) is 4.39 Å². The molecule has 2 aliphatic heterocycles. The highest BCUT2D eigenvalue weighted by molar-refractivity contribution is 9.10. The van der Waals surface area contributed by atoms with Gasteiger partial charge in [-0.1, -0.05) is 13.0 Å². The average Bonchev–Trinajstić information content (AvgIpc) is 2.97. The normalized spacial score (nSPS) is 27.9. The second kappa shape index (κ2) is 5.59. The van der Waals surface area contributed by atoms with E-state index in [0.29, 0.717) is 10.4 Å². The van der Waals surface area contributed by atoms with Crippen LogP contribution in [-0.2, 0) is 4.74 Å². The van der Waals surface area contributed by atoms with Gasteiger partial charge in [-0.05, 0) is 58.6 Å². The quantitative estimate of drug-likeness (QED) is 0.725. The van der Waals surface area contributed by atoms with Gasteiger partial charge in [0.25, 0.3) is 0 Å². The van der Waals surface area contributed by atoms with Crippen molar-refractivity contribution in [2.75, 3.05) is 18.6 Å². The largest absolute Gasteiger partial charge is 0.495 e. The van der Waals surface area contributed by atoms with Crippen molar-refractivity contribution in [3.05, 3.63) is 64.4 Å². The zero-order valence-corrected chi connectivity index (χ0v) is 15.2. The summed E-state index contributed by atoms with van der Waals surface area (Å²) in [5.74, 6) is 0.877. The summed E-state index contributed by atoms with van der Waals surface area (Å²) in [6, 6.07) is 5.29. The molecule has 124 valence electrons. The zero-order chi connectivity index (χ0) is 16.9. The SMILES string of the molecule is COC1=CC=C2N(c3ccc(Br)c(F)c3)CCC23C1=NC=CC3C. The van der Waals surface area contributed by atoms with E-state index in [1.54, 1.807) is 19.2 Å². The van der Waals surface area contributed by atoms with Crippen molar-refractivity contribution >= 4 is 27.3 Å². The lowest BCUT2D eigenvalue weighted by molar-refractivity contribution is 0.294. The number of ether oxygens (including phenoxy) is 1. The molecule has 0 aromatic heterocycles. The monoisotopic (exact) mass is 388 g/mol. The summed E-state index contributed by atoms with van der Waals surface area (Å²) in [6.45, 7) is 3.04. The fourth-order valence-electron chi connectivity index (χ4n) is 4.06. The fraction of sp³-hybridized carbons (Fsp3) is 0.316. The summed E-state index contributed by atoms with van der Waals surface area (Å²) in [4.78, 5) is 6.84. The van der Waals surface area contributed by atoms with Crippen molar-refractivity contribution in [1.82, 2.24) is 0 Å². The Balaban J connectivity index is 1.84. The first-order chi connectivity index (χ1) is 11.6. The first-order valence-corrected chi connectivity index (χ1v) is 8.81. The lowest BCUT2D eigenvalue weighted by Crippen LogP contribution is -2.42. The van der Waals surface area contributed by atoms with Crippen LogP contribution in [0, 0.1) is 17.2 Å². The third kappa shape index (κ3) is 2.04. The smallest absolute Gasteiger partial charge is 0.141 e. The first-order valence-electron chi connectivity index (χ1n) is 8.02. The second-order valence-corrected chi connectivity index (χ2v) is 7.22. The Morgan fingerprint density at radius 2 is 2.21 bits per heavy atom. The van der Waals surface area contributed by atoms with Gasteiger partial charge in [0, 0.05) is 24.1 Å². The molecule has 3 nitrogen and oxygen atoms in total. The van der Waals surface area contributed by atoms with E-state index in [-0.39, 0.29) is 11.2 Å². The molecule has 2 heterocycles. The highest BCUT2D eigenvalue weighted by atomic mass is 79.9. The Kier molecular flexibility index (Phi) is 3.64. The summed E-state index contributed by atoms with van der Waals surface area (Å²) in [7, 11) is 1.68. The van der Waals surface area contributed by atoms with Crippen LogP contribution in [0.1, 0.15) is 13.3 Å². The Bertz CT molecular complexity index is 827. The number of rotatable bonds is 2. The van der Waals surface area contributed by atoms with Crippen molar-refractivity contribution in [2.45, 2.75) is 13.3 Å². The molecule has 1 aromatic carbocycles. The van der Waals surface area contributed by atoms with E-state index >= 15 is 0 Å². The first kappa shape index (κ1) is 15.6. The van der Waals surface area contributed by atoms with Crippen molar-refractivity contribution in [1.29, 1.82) is 0 Å². The Hall–Kier alpha value is -1.88. The summed E-state index contributed by atoms with van der Waals surface area (Å²) in [5, 5.41) is 0. The minimum absolute atomic E-state index is 0.196. The molecule has 24 heavy (non-hydrogen) atoms. The number of aliphatic imine (C=N–C) groups is 1. The summed E-state index contributed by atoms with van der Waals surface area (Å²) in [5.41, 5.74) is 2.82. The number of allylic oxidation sites excluding steroid dienone is 5.